The van der Waals surface area contributed by atoms with E-state index in [-0.39, 0.29) is 0 Å². The zero-order chi connectivity index (χ0) is 10.1. The molecular formula is C12H16N2. The highest BCUT2D eigenvalue weighted by Gasteiger charge is 2.21. The van der Waals surface area contributed by atoms with Crippen molar-refractivity contribution in [2.24, 2.45) is 5.73 Å². The smallest absolute Gasteiger partial charge is 0.0890 e. The van der Waals surface area contributed by atoms with Crippen LogP contribution in [-0.4, -0.2) is 0 Å². The molecule has 0 spiro atoms. The van der Waals surface area contributed by atoms with E-state index in [1.165, 1.54) is 16.7 Å². The van der Waals surface area contributed by atoms with Gasteiger partial charge in [-0.05, 0) is 30.9 Å². The van der Waals surface area contributed by atoms with Crippen molar-refractivity contribution in [3.8, 4) is 0 Å². The zero-order valence-corrected chi connectivity index (χ0v) is 8.51. The Morgan fingerprint density at radius 2 is 2.36 bits per heavy atom. The first-order valence-corrected chi connectivity index (χ1v) is 4.97. The molecule has 0 aromatic heterocycles. The molecule has 1 unspecified atom stereocenters. The number of fused-ring (bicyclic) bond motifs is 1. The summed E-state index contributed by atoms with van der Waals surface area (Å²) in [7, 11) is 0. The summed E-state index contributed by atoms with van der Waals surface area (Å²) in [6, 6.07) is 6.97. The molecule has 1 aliphatic carbocycles. The van der Waals surface area contributed by atoms with Gasteiger partial charge in [0, 0.05) is 0 Å². The van der Waals surface area contributed by atoms with Gasteiger partial charge in [-0.25, -0.2) is 0 Å². The lowest BCUT2D eigenvalue weighted by atomic mass is 10.1. The average molecular weight is 188 g/mol. The van der Waals surface area contributed by atoms with Crippen LogP contribution in [0.15, 0.2) is 30.6 Å². The van der Waals surface area contributed by atoms with Crippen molar-refractivity contribution in [1.82, 2.24) is 5.32 Å². The topological polar surface area (TPSA) is 38.0 Å². The monoisotopic (exact) mass is 188 g/mol. The van der Waals surface area contributed by atoms with Gasteiger partial charge in [0.05, 0.1) is 11.9 Å². The summed E-state index contributed by atoms with van der Waals surface area (Å²) in [6.45, 7) is 5.80. The van der Waals surface area contributed by atoms with Crippen LogP contribution in [0.25, 0.3) is 0 Å². The van der Waals surface area contributed by atoms with Gasteiger partial charge in [0.1, 0.15) is 0 Å². The number of aryl methyl sites for hydroxylation is 2. The molecule has 0 heterocycles. The fourth-order valence-electron chi connectivity index (χ4n) is 2.12. The highest BCUT2D eigenvalue weighted by molar-refractivity contribution is 5.37. The summed E-state index contributed by atoms with van der Waals surface area (Å²) < 4.78 is 0. The van der Waals surface area contributed by atoms with E-state index >= 15 is 0 Å². The van der Waals surface area contributed by atoms with Crippen LogP contribution in [-0.2, 0) is 6.42 Å². The summed E-state index contributed by atoms with van der Waals surface area (Å²) in [6.07, 6.45) is 2.26. The standard InChI is InChI=1S/C12H16N2/c1-8-3-5-11-10(7-8)4-6-12(11)14-9(2)13/h3,5,7,12,14H,2,4,6,13H2,1H3. The second-order valence-corrected chi connectivity index (χ2v) is 3.96. The maximum absolute atomic E-state index is 5.55. The van der Waals surface area contributed by atoms with Gasteiger partial charge < -0.3 is 11.1 Å². The highest BCUT2D eigenvalue weighted by atomic mass is 15.0. The van der Waals surface area contributed by atoms with E-state index < -0.39 is 0 Å². The molecule has 0 saturated carbocycles. The molecule has 74 valence electrons. The molecule has 2 rings (SSSR count). The largest absolute Gasteiger partial charge is 0.386 e. The van der Waals surface area contributed by atoms with Crippen molar-refractivity contribution >= 4 is 0 Å². The second kappa shape index (κ2) is 3.37. The van der Waals surface area contributed by atoms with Crippen LogP contribution in [0.3, 0.4) is 0 Å². The summed E-state index contributed by atoms with van der Waals surface area (Å²) in [5.41, 5.74) is 9.71. The number of nitrogens with two attached hydrogens (primary N) is 1. The summed E-state index contributed by atoms with van der Waals surface area (Å²) in [5.74, 6) is 0.559. The molecule has 2 heteroatoms. The Morgan fingerprint density at radius 3 is 3.07 bits per heavy atom. The second-order valence-electron chi connectivity index (χ2n) is 3.96. The zero-order valence-electron chi connectivity index (χ0n) is 8.51. The molecule has 1 aromatic carbocycles. The van der Waals surface area contributed by atoms with Crippen LogP contribution in [0.1, 0.15) is 29.2 Å². The van der Waals surface area contributed by atoms with Gasteiger partial charge in [-0.3, -0.25) is 0 Å². The lowest BCUT2D eigenvalue weighted by Gasteiger charge is -2.14. The van der Waals surface area contributed by atoms with Gasteiger partial charge >= 0.3 is 0 Å². The van der Waals surface area contributed by atoms with Gasteiger partial charge in [-0.2, -0.15) is 0 Å². The van der Waals surface area contributed by atoms with Crippen LogP contribution < -0.4 is 11.1 Å². The third kappa shape index (κ3) is 1.60. The highest BCUT2D eigenvalue weighted by Crippen LogP contribution is 2.31. The maximum atomic E-state index is 5.55. The number of hydrogen-bond donors (Lipinski definition) is 2. The van der Waals surface area contributed by atoms with E-state index in [9.17, 15) is 0 Å². The number of benzene rings is 1. The predicted molar refractivity (Wildman–Crippen MR) is 58.7 cm³/mol. The van der Waals surface area contributed by atoms with E-state index in [1.807, 2.05) is 0 Å². The summed E-state index contributed by atoms with van der Waals surface area (Å²) in [5, 5.41) is 3.20. The molecule has 0 radical (unpaired) electrons. The van der Waals surface area contributed by atoms with Gasteiger partial charge in [0.15, 0.2) is 0 Å². The van der Waals surface area contributed by atoms with E-state index in [4.69, 9.17) is 5.73 Å². The normalized spacial score (nSPS) is 19.1. The Kier molecular flexibility index (Phi) is 2.20. The molecule has 0 amide bonds. The molecule has 14 heavy (non-hydrogen) atoms. The minimum absolute atomic E-state index is 0.364. The van der Waals surface area contributed by atoms with Crippen molar-refractivity contribution in [2.75, 3.05) is 0 Å². The molecular weight excluding hydrogens is 172 g/mol. The Morgan fingerprint density at radius 1 is 1.57 bits per heavy atom. The quantitative estimate of drug-likeness (QED) is 0.745. The van der Waals surface area contributed by atoms with Crippen LogP contribution in [0.5, 0.6) is 0 Å². The molecule has 0 fully saturated rings. The van der Waals surface area contributed by atoms with Crippen molar-refractivity contribution in [1.29, 1.82) is 0 Å². The van der Waals surface area contributed by atoms with Crippen molar-refractivity contribution in [2.45, 2.75) is 25.8 Å². The first kappa shape index (κ1) is 9.13. The number of nitrogens with one attached hydrogen (secondary N) is 1. The van der Waals surface area contributed by atoms with Crippen LogP contribution in [0.2, 0.25) is 0 Å². The molecule has 1 aromatic rings. The summed E-state index contributed by atoms with van der Waals surface area (Å²) in [4.78, 5) is 0. The fraction of sp³-hybridized carbons (Fsp3) is 0.333. The number of rotatable bonds is 2. The average Bonchev–Trinajstić information content (AvgIpc) is 2.47. The van der Waals surface area contributed by atoms with Crippen molar-refractivity contribution in [3.05, 3.63) is 47.3 Å². The first-order valence-electron chi connectivity index (χ1n) is 4.97. The van der Waals surface area contributed by atoms with Crippen LogP contribution >= 0.6 is 0 Å². The number of hydrogen-bond acceptors (Lipinski definition) is 2. The Balaban J connectivity index is 2.26. The van der Waals surface area contributed by atoms with Gasteiger partial charge in [-0.1, -0.05) is 30.3 Å². The molecule has 2 nitrogen and oxygen atoms in total. The summed E-state index contributed by atoms with van der Waals surface area (Å²) >= 11 is 0. The van der Waals surface area contributed by atoms with E-state index in [0.29, 0.717) is 11.9 Å². The SMILES string of the molecule is C=C(N)NC1CCc2cc(C)ccc21. The predicted octanol–water partition coefficient (Wildman–Crippen LogP) is 2.00. The van der Waals surface area contributed by atoms with E-state index in [2.05, 4.69) is 37.0 Å². The Hall–Kier alpha value is -1.44. The molecule has 0 aliphatic heterocycles. The van der Waals surface area contributed by atoms with Gasteiger partial charge in [0.25, 0.3) is 0 Å². The molecule has 1 atom stereocenters. The fourth-order valence-corrected chi connectivity index (χ4v) is 2.12. The van der Waals surface area contributed by atoms with Gasteiger partial charge in [0.2, 0.25) is 0 Å². The van der Waals surface area contributed by atoms with E-state index in [1.54, 1.807) is 0 Å². The maximum Gasteiger partial charge on any atom is 0.0890 e. The lowest BCUT2D eigenvalue weighted by molar-refractivity contribution is 0.590. The molecule has 0 saturated heterocycles. The van der Waals surface area contributed by atoms with Gasteiger partial charge in [-0.15, -0.1) is 0 Å². The van der Waals surface area contributed by atoms with Crippen LogP contribution in [0, 0.1) is 6.92 Å². The third-order valence-electron chi connectivity index (χ3n) is 2.74. The lowest BCUT2D eigenvalue weighted by Crippen LogP contribution is -2.22. The Bertz CT molecular complexity index is 369. The van der Waals surface area contributed by atoms with Crippen LogP contribution in [0.4, 0.5) is 0 Å². The minimum atomic E-state index is 0.364. The molecule has 1 aliphatic rings. The molecule has 0 bridgehead atoms. The molecule has 3 N–H and O–H groups in total. The van der Waals surface area contributed by atoms with Crippen molar-refractivity contribution < 1.29 is 0 Å². The van der Waals surface area contributed by atoms with Crippen molar-refractivity contribution in [3.63, 3.8) is 0 Å². The minimum Gasteiger partial charge on any atom is -0.386 e. The Labute approximate surface area is 84.8 Å². The van der Waals surface area contributed by atoms with E-state index in [0.717, 1.165) is 12.8 Å². The first-order chi connectivity index (χ1) is 6.66. The third-order valence-corrected chi connectivity index (χ3v) is 2.74.